The first-order valence-electron chi connectivity index (χ1n) is 13.0. The van der Waals surface area contributed by atoms with Gasteiger partial charge in [0.25, 0.3) is 5.56 Å². The van der Waals surface area contributed by atoms with Crippen molar-refractivity contribution in [2.75, 3.05) is 13.2 Å². The Labute approximate surface area is 259 Å². The van der Waals surface area contributed by atoms with Gasteiger partial charge in [-0.3, -0.25) is 27.5 Å². The van der Waals surface area contributed by atoms with Crippen LogP contribution < -0.4 is 5.56 Å². The van der Waals surface area contributed by atoms with Crippen LogP contribution in [-0.4, -0.2) is 93.9 Å². The third kappa shape index (κ3) is 5.65. The first-order valence-corrected chi connectivity index (χ1v) is 16.7. The van der Waals surface area contributed by atoms with Crippen molar-refractivity contribution in [2.45, 2.75) is 49.1 Å². The van der Waals surface area contributed by atoms with E-state index in [-0.39, 0.29) is 21.2 Å². The number of fused-ring (bicyclic) bond motifs is 4. The molecule has 3 aromatic heterocycles. The fourth-order valence-corrected chi connectivity index (χ4v) is 7.61. The van der Waals surface area contributed by atoms with Gasteiger partial charge < -0.3 is 33.9 Å². The highest BCUT2D eigenvalue weighted by Gasteiger charge is 2.54. The minimum absolute atomic E-state index is 0.0752. The molecule has 45 heavy (non-hydrogen) atoms. The Morgan fingerprint density at radius 3 is 2.27 bits per heavy atom. The van der Waals surface area contributed by atoms with Gasteiger partial charge in [-0.05, 0) is 12.1 Å². The zero-order valence-corrected chi connectivity index (χ0v) is 25.5. The van der Waals surface area contributed by atoms with Crippen LogP contribution in [0, 0.1) is 0 Å². The third-order valence-corrected chi connectivity index (χ3v) is 10.1. The molecule has 4 N–H and O–H groups in total. The second kappa shape index (κ2) is 11.4. The molecule has 0 radical (unpaired) electrons. The van der Waals surface area contributed by atoms with Crippen molar-refractivity contribution >= 4 is 61.0 Å². The van der Waals surface area contributed by atoms with E-state index in [9.17, 15) is 28.8 Å². The number of aromatic nitrogens is 6. The van der Waals surface area contributed by atoms with Gasteiger partial charge in [0.1, 0.15) is 30.5 Å². The number of phosphoric ester groups is 2. The molecular weight excluding hydrogens is 692 g/mol. The van der Waals surface area contributed by atoms with Gasteiger partial charge in [0.2, 0.25) is 0 Å². The standard InChI is InChI=1S/C22H21Cl2FN6O12P2/c23-8-1-10-11(2-9(8)24)30(6-28-10)22-16(32)18-13(41-22)4-39-44(34,35)42-17-12(3-38-45(36,37)43-18)40-21(14(17)25)31-7-29-15-19(31)26-5-27-20(15)33/h1-2,5-7,12-14,16-18,21-22,32H,3-4H2,(H,34,35)(H,36,37)(H,26,27,33)/t12-,13-,14+,16?,17?,18+,21-,22-/m1/s1. The number of aliphatic hydroxyl groups is 1. The Balaban J connectivity index is 1.17. The van der Waals surface area contributed by atoms with Crippen LogP contribution in [0.1, 0.15) is 12.5 Å². The largest absolute Gasteiger partial charge is 0.472 e. The molecule has 3 saturated heterocycles. The lowest BCUT2D eigenvalue weighted by Gasteiger charge is -2.27. The molecule has 7 rings (SSSR count). The zero-order chi connectivity index (χ0) is 31.8. The Morgan fingerprint density at radius 1 is 0.911 bits per heavy atom. The summed E-state index contributed by atoms with van der Waals surface area (Å²) in [6.07, 6.45) is -10.0. The van der Waals surface area contributed by atoms with E-state index in [1.165, 1.54) is 23.0 Å². The van der Waals surface area contributed by atoms with Gasteiger partial charge in [-0.2, -0.15) is 0 Å². The number of phosphoric acid groups is 2. The summed E-state index contributed by atoms with van der Waals surface area (Å²) in [6, 6.07) is 2.93. The fraction of sp³-hybridized carbons (Fsp3) is 0.455. The number of imidazole rings is 2. The second-order valence-electron chi connectivity index (χ2n) is 10.2. The van der Waals surface area contributed by atoms with Crippen LogP contribution in [0.15, 0.2) is 35.9 Å². The number of nitrogens with zero attached hydrogens (tertiary/aromatic N) is 5. The Bertz CT molecular complexity index is 1950. The van der Waals surface area contributed by atoms with Crippen molar-refractivity contribution in [2.24, 2.45) is 0 Å². The van der Waals surface area contributed by atoms with Gasteiger partial charge >= 0.3 is 15.6 Å². The molecule has 1 aromatic carbocycles. The summed E-state index contributed by atoms with van der Waals surface area (Å²) in [5.41, 5.74) is -0.0834. The summed E-state index contributed by atoms with van der Waals surface area (Å²) in [5, 5.41) is 11.6. The van der Waals surface area contributed by atoms with Gasteiger partial charge in [-0.1, -0.05) is 23.2 Å². The molecule has 0 amide bonds. The number of rotatable bonds is 2. The fourth-order valence-electron chi connectivity index (χ4n) is 5.37. The lowest BCUT2D eigenvalue weighted by atomic mass is 10.1. The van der Waals surface area contributed by atoms with Crippen LogP contribution in [0.2, 0.25) is 10.0 Å². The van der Waals surface area contributed by atoms with Gasteiger partial charge in [-0.25, -0.2) is 28.5 Å². The van der Waals surface area contributed by atoms with Gasteiger partial charge in [0, 0.05) is 0 Å². The molecule has 3 aliphatic rings. The summed E-state index contributed by atoms with van der Waals surface area (Å²) < 4.78 is 76.4. The topological polar surface area (TPSA) is 232 Å². The number of hydrogen-bond acceptors (Lipinski definition) is 13. The van der Waals surface area contributed by atoms with Gasteiger partial charge in [0.05, 0.1) is 53.3 Å². The minimum Gasteiger partial charge on any atom is -0.386 e. The lowest BCUT2D eigenvalue weighted by molar-refractivity contribution is -0.0662. The van der Waals surface area contributed by atoms with E-state index in [2.05, 4.69) is 19.9 Å². The highest BCUT2D eigenvalue weighted by molar-refractivity contribution is 7.47. The Morgan fingerprint density at radius 2 is 1.53 bits per heavy atom. The molecule has 18 nitrogen and oxygen atoms in total. The van der Waals surface area contributed by atoms with Gasteiger partial charge in [-0.15, -0.1) is 0 Å². The van der Waals surface area contributed by atoms with E-state index in [1.54, 1.807) is 0 Å². The molecule has 3 fully saturated rings. The highest BCUT2D eigenvalue weighted by Crippen LogP contribution is 2.54. The number of halogens is 3. The summed E-state index contributed by atoms with van der Waals surface area (Å²) >= 11 is 12.2. The molecule has 0 aliphatic carbocycles. The monoisotopic (exact) mass is 712 g/mol. The molecule has 0 spiro atoms. The number of alkyl halides is 1. The summed E-state index contributed by atoms with van der Waals surface area (Å²) in [6.45, 7) is -1.72. The third-order valence-electron chi connectivity index (χ3n) is 7.42. The van der Waals surface area contributed by atoms with Crippen LogP contribution in [0.4, 0.5) is 4.39 Å². The van der Waals surface area contributed by atoms with E-state index < -0.39 is 83.6 Å². The quantitative estimate of drug-likeness (QED) is 0.218. The number of aromatic amines is 1. The highest BCUT2D eigenvalue weighted by atomic mass is 35.5. The molecule has 242 valence electrons. The molecule has 10 atom stereocenters. The minimum atomic E-state index is -5.11. The zero-order valence-electron chi connectivity index (χ0n) is 22.2. The van der Waals surface area contributed by atoms with Crippen molar-refractivity contribution < 1.29 is 56.0 Å². The van der Waals surface area contributed by atoms with E-state index in [0.29, 0.717) is 11.0 Å². The van der Waals surface area contributed by atoms with Gasteiger partial charge in [0.15, 0.2) is 29.8 Å². The van der Waals surface area contributed by atoms with Crippen molar-refractivity contribution in [1.29, 1.82) is 0 Å². The Kier molecular flexibility index (Phi) is 7.93. The summed E-state index contributed by atoms with van der Waals surface area (Å²) in [4.78, 5) is 47.6. The predicted molar refractivity (Wildman–Crippen MR) is 148 cm³/mol. The molecule has 23 heteroatoms. The SMILES string of the molecule is O=c1[nH]cnc2c1ncn2[C@@H]1O[C@@H]2COP(=O)(O)O[C@@H]3C(O)[C@H](n4cnc5cc(Cl)c(Cl)cc54)O[C@@H]3COP(=O)(O)OC2[C@@H]1F. The molecule has 4 unspecified atom stereocenters. The number of hydrogen-bond donors (Lipinski definition) is 4. The van der Waals surface area contributed by atoms with Crippen LogP contribution in [0.3, 0.4) is 0 Å². The number of nitrogens with one attached hydrogen (secondary N) is 1. The second-order valence-corrected chi connectivity index (χ2v) is 13.8. The molecule has 4 aromatic rings. The maximum Gasteiger partial charge on any atom is 0.472 e. The number of aliphatic hydroxyl groups excluding tert-OH is 1. The summed E-state index contributed by atoms with van der Waals surface area (Å²) in [5.74, 6) is 0. The molecule has 0 saturated carbocycles. The van der Waals surface area contributed by atoms with Crippen LogP contribution in [-0.2, 0) is 36.7 Å². The van der Waals surface area contributed by atoms with Crippen molar-refractivity contribution in [3.8, 4) is 0 Å². The summed E-state index contributed by atoms with van der Waals surface area (Å²) in [7, 11) is -10.2. The van der Waals surface area contributed by atoms with E-state index in [1.807, 2.05) is 0 Å². The molecule has 3 aliphatic heterocycles. The number of ether oxygens (including phenoxy) is 2. The number of benzene rings is 1. The van der Waals surface area contributed by atoms with E-state index in [4.69, 9.17) is 50.8 Å². The van der Waals surface area contributed by atoms with Crippen molar-refractivity contribution in [3.05, 3.63) is 51.5 Å². The average molecular weight is 713 g/mol. The van der Waals surface area contributed by atoms with Crippen LogP contribution in [0.25, 0.3) is 22.2 Å². The first kappa shape index (κ1) is 31.3. The smallest absolute Gasteiger partial charge is 0.386 e. The number of H-pyrrole nitrogens is 1. The maximum absolute atomic E-state index is 15.8. The average Bonchev–Trinajstić information content (AvgIpc) is 3.73. The van der Waals surface area contributed by atoms with Crippen LogP contribution in [0.5, 0.6) is 0 Å². The predicted octanol–water partition coefficient (Wildman–Crippen LogP) is 1.99. The maximum atomic E-state index is 15.8. The van der Waals surface area contributed by atoms with Crippen molar-refractivity contribution in [3.63, 3.8) is 0 Å². The Hall–Kier alpha value is -2.35. The normalized spacial score (nSPS) is 37.7. The lowest BCUT2D eigenvalue weighted by Crippen LogP contribution is -2.38. The first-order chi connectivity index (χ1) is 21.3. The molecule has 6 heterocycles. The van der Waals surface area contributed by atoms with Crippen LogP contribution >= 0.6 is 38.8 Å². The molecule has 0 bridgehead atoms. The molecular formula is C22H21Cl2FN6O12P2. The van der Waals surface area contributed by atoms with E-state index in [0.717, 1.165) is 17.2 Å². The van der Waals surface area contributed by atoms with Crippen molar-refractivity contribution in [1.82, 2.24) is 29.1 Å². The van der Waals surface area contributed by atoms with E-state index >= 15 is 4.39 Å².